The summed E-state index contributed by atoms with van der Waals surface area (Å²) in [7, 11) is 10.6. The topological polar surface area (TPSA) is 40.9 Å². The minimum absolute atomic E-state index is 0. The zero-order valence-corrected chi connectivity index (χ0v) is 19.1. The second kappa shape index (κ2) is 16.2. The standard InChI is InChI=1S/C12H10Si.C9H7.CH3NO.2ClH.Ti/c1-3-7-11(8-4-1)13-12-9-5-2-6-10-12;1-2-5-9-7-3-6-8(9)4-1;2-1-3;;;/h1-10H;1-7H;1H,(H2,2,3);2*1H;/q;-1;;;;+2/p-3. The van der Waals surface area contributed by atoms with Crippen molar-refractivity contribution in [1.82, 2.24) is 0 Å². The average Bonchev–Trinajstić information content (AvgIpc) is 3.20. The summed E-state index contributed by atoms with van der Waals surface area (Å²) in [5.41, 5.74) is 5.53. The van der Waals surface area contributed by atoms with Gasteiger partial charge in [-0.2, -0.15) is 17.5 Å². The number of halogens is 2. The predicted molar refractivity (Wildman–Crippen MR) is 120 cm³/mol. The minimum atomic E-state index is -0.556. The van der Waals surface area contributed by atoms with E-state index in [4.69, 9.17) is 29.1 Å². The number of hydrogen-bond acceptors (Lipinski definition) is 1. The molecule has 0 aromatic heterocycles. The number of amides is 1. The van der Waals surface area contributed by atoms with Crippen LogP contribution in [0.1, 0.15) is 0 Å². The van der Waals surface area contributed by atoms with E-state index in [-0.39, 0.29) is 6.41 Å². The molecule has 0 saturated heterocycles. The molecule has 4 aromatic carbocycles. The van der Waals surface area contributed by atoms with Crippen LogP contribution in [0.15, 0.2) is 103 Å². The molecule has 2 nitrogen and oxygen atoms in total. The molecule has 6 heteroatoms. The molecule has 1 N–H and O–H groups in total. The molecule has 0 aliphatic heterocycles. The quantitative estimate of drug-likeness (QED) is 0.222. The molecule has 0 spiro atoms. The number of benzene rings is 3. The summed E-state index contributed by atoms with van der Waals surface area (Å²) >= 11 is -0.556. The second-order valence-corrected chi connectivity index (χ2v) is 9.18. The molecular weight excluding hydrogens is 441 g/mol. The van der Waals surface area contributed by atoms with Gasteiger partial charge in [0.25, 0.3) is 0 Å². The molecule has 2 radical (unpaired) electrons. The van der Waals surface area contributed by atoms with Gasteiger partial charge in [-0.3, -0.25) is 0 Å². The van der Waals surface area contributed by atoms with Crippen LogP contribution in [-0.2, 0) is 21.8 Å². The summed E-state index contributed by atoms with van der Waals surface area (Å²) < 4.78 is 0. The summed E-state index contributed by atoms with van der Waals surface area (Å²) in [5.74, 6) is 0. The van der Waals surface area contributed by atoms with Gasteiger partial charge in [-0.1, -0.05) is 77.1 Å². The van der Waals surface area contributed by atoms with Crippen LogP contribution in [0.25, 0.3) is 16.5 Å². The Balaban J connectivity index is 0.000000227. The van der Waals surface area contributed by atoms with E-state index >= 15 is 0 Å². The Bertz CT molecular complexity index is 821. The van der Waals surface area contributed by atoms with Gasteiger partial charge in [0.15, 0.2) is 0 Å². The molecule has 142 valence electrons. The van der Waals surface area contributed by atoms with Gasteiger partial charge in [-0.15, -0.1) is 29.7 Å². The number of nitrogens with one attached hydrogen (secondary N) is 1. The van der Waals surface area contributed by atoms with Gasteiger partial charge >= 0.3 is 35.6 Å². The van der Waals surface area contributed by atoms with E-state index < -0.39 is 17.0 Å². The Hall–Kier alpha value is -1.75. The van der Waals surface area contributed by atoms with Gasteiger partial charge in [0, 0.05) is 6.41 Å². The third kappa shape index (κ3) is 10.6. The van der Waals surface area contributed by atoms with Crippen molar-refractivity contribution in [1.29, 1.82) is 0 Å². The Labute approximate surface area is 185 Å². The number of hydrogen-bond donors (Lipinski definition) is 0. The number of carbonyl (C=O) groups excluding carboxylic acids is 1. The predicted octanol–water partition coefficient (Wildman–Crippen LogP) is 5.47. The van der Waals surface area contributed by atoms with Crippen LogP contribution in [0.5, 0.6) is 0 Å². The van der Waals surface area contributed by atoms with Crippen molar-refractivity contribution in [2.24, 2.45) is 0 Å². The van der Waals surface area contributed by atoms with Gasteiger partial charge in [0.1, 0.15) is 9.52 Å². The summed E-state index contributed by atoms with van der Waals surface area (Å²) in [6.07, 6.45) is 0. The van der Waals surface area contributed by atoms with Crippen LogP contribution in [-0.4, -0.2) is 15.9 Å². The zero-order chi connectivity index (χ0) is 20.5. The normalized spacial score (nSPS) is 8.79. The summed E-state index contributed by atoms with van der Waals surface area (Å²) in [6, 6.07) is 35.8. The first-order valence-corrected chi connectivity index (χ1v) is 13.6. The molecule has 0 heterocycles. The third-order valence-corrected chi connectivity index (χ3v) is 4.63. The molecule has 0 fully saturated rings. The van der Waals surface area contributed by atoms with Crippen molar-refractivity contribution >= 4 is 55.7 Å². The fourth-order valence-corrected chi connectivity index (χ4v) is 3.33. The molecule has 1 amide bonds. The fraction of sp³-hybridized carbons (Fsp3) is 0. The molecule has 0 bridgehead atoms. The van der Waals surface area contributed by atoms with E-state index in [0.717, 1.165) is 9.52 Å². The van der Waals surface area contributed by atoms with Crippen LogP contribution < -0.4 is 10.4 Å². The van der Waals surface area contributed by atoms with Crippen LogP contribution in [0.2, 0.25) is 0 Å². The van der Waals surface area contributed by atoms with E-state index in [0.29, 0.717) is 0 Å². The molecule has 0 aliphatic rings. The van der Waals surface area contributed by atoms with Crippen LogP contribution in [0.4, 0.5) is 0 Å². The largest absolute Gasteiger partial charge is 0.671 e. The summed E-state index contributed by atoms with van der Waals surface area (Å²) in [6.45, 7) is 0. The van der Waals surface area contributed by atoms with E-state index in [9.17, 15) is 0 Å². The first-order valence-electron chi connectivity index (χ1n) is 8.30. The van der Waals surface area contributed by atoms with Crippen LogP contribution >= 0.6 is 18.6 Å². The smallest absolute Gasteiger partial charge is 0.121 e. The molecular formula is C22H19Cl2NOSiTi-2. The first-order chi connectivity index (χ1) is 13.7. The summed E-state index contributed by atoms with van der Waals surface area (Å²) in [5, 5.41) is 5.46. The molecule has 28 heavy (non-hydrogen) atoms. The first kappa shape index (κ1) is 24.3. The van der Waals surface area contributed by atoms with Gasteiger partial charge in [-0.25, -0.2) is 0 Å². The molecule has 4 rings (SSSR count). The van der Waals surface area contributed by atoms with E-state index in [1.54, 1.807) is 0 Å². The van der Waals surface area contributed by atoms with Gasteiger partial charge in [0.2, 0.25) is 0 Å². The Morgan fingerprint density at radius 1 is 0.786 bits per heavy atom. The van der Waals surface area contributed by atoms with E-state index in [1.807, 2.05) is 0 Å². The van der Waals surface area contributed by atoms with Crippen molar-refractivity contribution in [3.63, 3.8) is 0 Å². The SMILES string of the molecule is [Cl][Ti][Cl].[NH-]C=O.c1ccc([Si]c2ccccc2)cc1.c1ccc2[cH-]ccc2c1. The molecule has 0 saturated carbocycles. The summed E-state index contributed by atoms with van der Waals surface area (Å²) in [4.78, 5) is 8.47. The van der Waals surface area contributed by atoms with Gasteiger partial charge in [0.05, 0.1) is 0 Å². The molecule has 4 aromatic rings. The maximum Gasteiger partial charge on any atom is 0.121 e. The number of fused-ring (bicyclic) bond motifs is 1. The van der Waals surface area contributed by atoms with E-state index in [1.165, 1.54) is 21.1 Å². The van der Waals surface area contributed by atoms with Crippen molar-refractivity contribution in [3.8, 4) is 0 Å². The maximum absolute atomic E-state index is 8.47. The van der Waals surface area contributed by atoms with Gasteiger partial charge < -0.3 is 10.5 Å². The monoisotopic (exact) mass is 459 g/mol. The van der Waals surface area contributed by atoms with Crippen molar-refractivity contribution in [3.05, 3.63) is 109 Å². The zero-order valence-electron chi connectivity index (χ0n) is 15.1. The van der Waals surface area contributed by atoms with Crippen LogP contribution in [0.3, 0.4) is 0 Å². The number of rotatable bonds is 2. The molecule has 0 unspecified atom stereocenters. The third-order valence-electron chi connectivity index (χ3n) is 3.38. The number of carbonyl (C=O) groups is 1. The van der Waals surface area contributed by atoms with Crippen molar-refractivity contribution < 1.29 is 21.8 Å². The fourth-order valence-electron chi connectivity index (χ4n) is 2.28. The minimum Gasteiger partial charge on any atom is -0.671 e. The van der Waals surface area contributed by atoms with Crippen molar-refractivity contribution in [2.75, 3.05) is 0 Å². The van der Waals surface area contributed by atoms with Gasteiger partial charge in [-0.05, 0) is 0 Å². The average molecular weight is 460 g/mol. The van der Waals surface area contributed by atoms with E-state index in [2.05, 4.69) is 103 Å². The Morgan fingerprint density at radius 2 is 1.21 bits per heavy atom. The molecule has 0 atom stereocenters. The molecule has 0 aliphatic carbocycles. The van der Waals surface area contributed by atoms with Crippen LogP contribution in [0, 0.1) is 0 Å². The Morgan fingerprint density at radius 3 is 1.68 bits per heavy atom. The second-order valence-electron chi connectivity index (χ2n) is 5.20. The maximum atomic E-state index is 8.47. The van der Waals surface area contributed by atoms with Crippen molar-refractivity contribution in [2.45, 2.75) is 0 Å². The Kier molecular flexibility index (Phi) is 14.1.